The highest BCUT2D eigenvalue weighted by Gasteiger charge is 2.22. The van der Waals surface area contributed by atoms with E-state index in [0.29, 0.717) is 0 Å². The fraction of sp³-hybridized carbons (Fsp3) is 0.933. The highest BCUT2D eigenvalue weighted by atomic mass is 14.3. The number of hydrogen-bond donors (Lipinski definition) is 0. The van der Waals surface area contributed by atoms with E-state index < -0.39 is 0 Å². The second-order valence-corrected chi connectivity index (χ2v) is 6.05. The summed E-state index contributed by atoms with van der Waals surface area (Å²) in [6.07, 6.45) is 11.1. The predicted molar refractivity (Wildman–Crippen MR) is 68.7 cm³/mol. The molecule has 0 aromatic carbocycles. The van der Waals surface area contributed by atoms with Crippen LogP contribution in [0.1, 0.15) is 66.2 Å². The summed E-state index contributed by atoms with van der Waals surface area (Å²) in [7, 11) is 0. The molecule has 0 amide bonds. The average Bonchev–Trinajstić information content (AvgIpc) is 2.28. The molecule has 0 aromatic heterocycles. The molecule has 89 valence electrons. The quantitative estimate of drug-likeness (QED) is 0.594. The standard InChI is InChI=1S/C15H29/c1-12(2)14-9-7-5-6-8-10-15(11-14)13(3)4/h7,12-15H,5-6,8-11H2,1-4H3. The van der Waals surface area contributed by atoms with Gasteiger partial charge in [0.25, 0.3) is 0 Å². The normalized spacial score (nSPS) is 30.0. The SMILES string of the molecule is CC(C)C1C[CH]CCCCC(C(C)C)C1. The average molecular weight is 209 g/mol. The van der Waals surface area contributed by atoms with Crippen LogP contribution in [0.25, 0.3) is 0 Å². The van der Waals surface area contributed by atoms with Crippen LogP contribution >= 0.6 is 0 Å². The Morgan fingerprint density at radius 3 is 2.20 bits per heavy atom. The Hall–Kier alpha value is 0. The van der Waals surface area contributed by atoms with Gasteiger partial charge < -0.3 is 0 Å². The molecule has 0 saturated heterocycles. The summed E-state index contributed by atoms with van der Waals surface area (Å²) < 4.78 is 0. The molecule has 0 spiro atoms. The van der Waals surface area contributed by atoms with E-state index in [1.165, 1.54) is 38.5 Å². The van der Waals surface area contributed by atoms with Crippen LogP contribution in [0.15, 0.2) is 0 Å². The van der Waals surface area contributed by atoms with E-state index in [2.05, 4.69) is 34.1 Å². The second-order valence-electron chi connectivity index (χ2n) is 6.05. The molecule has 1 rings (SSSR count). The maximum atomic E-state index is 2.55. The fourth-order valence-electron chi connectivity index (χ4n) is 2.78. The van der Waals surface area contributed by atoms with Gasteiger partial charge in [0.2, 0.25) is 0 Å². The van der Waals surface area contributed by atoms with Gasteiger partial charge in [-0.05, 0) is 42.9 Å². The third-order valence-electron chi connectivity index (χ3n) is 4.19. The Kier molecular flexibility index (Phi) is 5.71. The molecule has 2 unspecified atom stereocenters. The van der Waals surface area contributed by atoms with Crippen molar-refractivity contribution >= 4 is 0 Å². The van der Waals surface area contributed by atoms with Crippen LogP contribution < -0.4 is 0 Å². The van der Waals surface area contributed by atoms with Gasteiger partial charge >= 0.3 is 0 Å². The molecule has 0 aromatic rings. The van der Waals surface area contributed by atoms with Crippen molar-refractivity contribution in [1.82, 2.24) is 0 Å². The van der Waals surface area contributed by atoms with Gasteiger partial charge in [0.1, 0.15) is 0 Å². The summed E-state index contributed by atoms with van der Waals surface area (Å²) >= 11 is 0. The molecule has 2 atom stereocenters. The zero-order valence-electron chi connectivity index (χ0n) is 11.1. The molecule has 0 bridgehead atoms. The van der Waals surface area contributed by atoms with Crippen LogP contribution in [-0.2, 0) is 0 Å². The van der Waals surface area contributed by atoms with E-state index in [4.69, 9.17) is 0 Å². The summed E-state index contributed by atoms with van der Waals surface area (Å²) in [4.78, 5) is 0. The van der Waals surface area contributed by atoms with Gasteiger partial charge in [-0.15, -0.1) is 0 Å². The molecule has 1 saturated carbocycles. The Morgan fingerprint density at radius 1 is 0.933 bits per heavy atom. The maximum absolute atomic E-state index is 2.55. The highest BCUT2D eigenvalue weighted by Crippen LogP contribution is 2.33. The Labute approximate surface area is 96.8 Å². The van der Waals surface area contributed by atoms with Crippen LogP contribution in [0, 0.1) is 30.1 Å². The van der Waals surface area contributed by atoms with E-state index in [9.17, 15) is 0 Å². The molecule has 15 heavy (non-hydrogen) atoms. The highest BCUT2D eigenvalue weighted by molar-refractivity contribution is 4.79. The van der Waals surface area contributed by atoms with E-state index in [-0.39, 0.29) is 0 Å². The van der Waals surface area contributed by atoms with Crippen molar-refractivity contribution in [3.63, 3.8) is 0 Å². The minimum atomic E-state index is 0.862. The minimum Gasteiger partial charge on any atom is -0.0625 e. The smallest absolute Gasteiger partial charge is 0.0383 e. The van der Waals surface area contributed by atoms with E-state index in [1.54, 1.807) is 0 Å². The lowest BCUT2D eigenvalue weighted by Gasteiger charge is -2.27. The predicted octanol–water partition coefficient (Wildman–Crippen LogP) is 5.09. The molecule has 0 heteroatoms. The molecular formula is C15H29. The van der Waals surface area contributed by atoms with Crippen molar-refractivity contribution in [2.24, 2.45) is 23.7 Å². The van der Waals surface area contributed by atoms with Crippen LogP contribution in [0.5, 0.6) is 0 Å². The lowest BCUT2D eigenvalue weighted by atomic mass is 9.78. The van der Waals surface area contributed by atoms with Crippen molar-refractivity contribution in [3.8, 4) is 0 Å². The largest absolute Gasteiger partial charge is 0.0625 e. The van der Waals surface area contributed by atoms with Gasteiger partial charge in [-0.25, -0.2) is 0 Å². The summed E-state index contributed by atoms with van der Waals surface area (Å²) in [6, 6.07) is 0. The molecule has 0 aliphatic heterocycles. The van der Waals surface area contributed by atoms with Crippen molar-refractivity contribution in [2.45, 2.75) is 66.2 Å². The Balaban J connectivity index is 2.55. The minimum absolute atomic E-state index is 0.862. The molecule has 0 nitrogen and oxygen atoms in total. The van der Waals surface area contributed by atoms with Crippen LogP contribution in [0.4, 0.5) is 0 Å². The van der Waals surface area contributed by atoms with Gasteiger partial charge in [0.05, 0.1) is 0 Å². The van der Waals surface area contributed by atoms with Crippen LogP contribution in [-0.4, -0.2) is 0 Å². The zero-order valence-corrected chi connectivity index (χ0v) is 11.1. The number of hydrogen-bond acceptors (Lipinski definition) is 0. The second kappa shape index (κ2) is 6.55. The van der Waals surface area contributed by atoms with Gasteiger partial charge in [0, 0.05) is 0 Å². The first-order valence-electron chi connectivity index (χ1n) is 6.93. The summed E-state index contributed by atoms with van der Waals surface area (Å²) in [5.74, 6) is 3.66. The molecule has 1 radical (unpaired) electrons. The molecule has 1 aliphatic carbocycles. The van der Waals surface area contributed by atoms with Gasteiger partial charge in [-0.1, -0.05) is 53.4 Å². The molecule has 1 aliphatic rings. The Bertz CT molecular complexity index is 139. The molecule has 0 N–H and O–H groups in total. The van der Waals surface area contributed by atoms with E-state index in [1.807, 2.05) is 0 Å². The number of rotatable bonds is 2. The van der Waals surface area contributed by atoms with Crippen molar-refractivity contribution in [1.29, 1.82) is 0 Å². The third kappa shape index (κ3) is 4.57. The lowest BCUT2D eigenvalue weighted by molar-refractivity contribution is 0.239. The summed E-state index contributed by atoms with van der Waals surface area (Å²) in [5, 5.41) is 0. The molecular weight excluding hydrogens is 180 g/mol. The van der Waals surface area contributed by atoms with Gasteiger partial charge in [0.15, 0.2) is 0 Å². The maximum Gasteiger partial charge on any atom is -0.0383 e. The van der Waals surface area contributed by atoms with E-state index in [0.717, 1.165) is 23.7 Å². The van der Waals surface area contributed by atoms with E-state index >= 15 is 0 Å². The lowest BCUT2D eigenvalue weighted by Crippen LogP contribution is -2.17. The zero-order chi connectivity index (χ0) is 11.3. The monoisotopic (exact) mass is 209 g/mol. The van der Waals surface area contributed by atoms with Crippen LogP contribution in [0.2, 0.25) is 0 Å². The fourth-order valence-corrected chi connectivity index (χ4v) is 2.78. The Morgan fingerprint density at radius 2 is 1.60 bits per heavy atom. The van der Waals surface area contributed by atoms with Gasteiger partial charge in [-0.3, -0.25) is 0 Å². The van der Waals surface area contributed by atoms with Crippen LogP contribution in [0.3, 0.4) is 0 Å². The van der Waals surface area contributed by atoms with Crippen molar-refractivity contribution < 1.29 is 0 Å². The molecule has 1 fully saturated rings. The topological polar surface area (TPSA) is 0 Å². The van der Waals surface area contributed by atoms with Crippen molar-refractivity contribution in [3.05, 3.63) is 6.42 Å². The summed E-state index contributed by atoms with van der Waals surface area (Å²) in [6.45, 7) is 9.61. The third-order valence-corrected chi connectivity index (χ3v) is 4.19. The first-order chi connectivity index (χ1) is 7.11. The van der Waals surface area contributed by atoms with Gasteiger partial charge in [-0.2, -0.15) is 0 Å². The summed E-state index contributed by atoms with van der Waals surface area (Å²) in [5.41, 5.74) is 0. The first kappa shape index (κ1) is 13.1. The first-order valence-corrected chi connectivity index (χ1v) is 6.93. The van der Waals surface area contributed by atoms with Crippen molar-refractivity contribution in [2.75, 3.05) is 0 Å². The molecule has 0 heterocycles.